The van der Waals surface area contributed by atoms with Crippen molar-refractivity contribution < 1.29 is 4.39 Å². The number of halogens is 2. The highest BCUT2D eigenvalue weighted by atomic mass is 35.5. The molecule has 0 saturated heterocycles. The van der Waals surface area contributed by atoms with Crippen molar-refractivity contribution in [1.29, 1.82) is 0 Å². The summed E-state index contributed by atoms with van der Waals surface area (Å²) in [5.74, 6) is 0.161. The Morgan fingerprint density at radius 2 is 1.84 bits per heavy atom. The highest BCUT2D eigenvalue weighted by molar-refractivity contribution is 6.33. The smallest absolute Gasteiger partial charge is 0.161 e. The summed E-state index contributed by atoms with van der Waals surface area (Å²) in [6.07, 6.45) is 0. The van der Waals surface area contributed by atoms with E-state index in [2.05, 4.69) is 15.3 Å². The van der Waals surface area contributed by atoms with E-state index >= 15 is 0 Å². The average molecular weight is 280 g/mol. The predicted octanol–water partition coefficient (Wildman–Crippen LogP) is 3.27. The third-order valence-corrected chi connectivity index (χ3v) is 3.26. The van der Waals surface area contributed by atoms with Crippen LogP contribution in [0, 0.1) is 19.7 Å². The Morgan fingerprint density at radius 1 is 1.21 bits per heavy atom. The monoisotopic (exact) mass is 279 g/mol. The molecular formula is C14H15ClFN3. The Labute approximate surface area is 116 Å². The summed E-state index contributed by atoms with van der Waals surface area (Å²) in [5.41, 5.74) is 3.52. The van der Waals surface area contributed by atoms with Gasteiger partial charge in [-0.05, 0) is 39.1 Å². The zero-order chi connectivity index (χ0) is 14.0. The number of nitrogens with zero attached hydrogens (tertiary/aromatic N) is 2. The van der Waals surface area contributed by atoms with Crippen LogP contribution in [0.3, 0.4) is 0 Å². The second-order valence-corrected chi connectivity index (χ2v) is 4.76. The molecule has 2 aromatic rings. The van der Waals surface area contributed by atoms with Gasteiger partial charge < -0.3 is 5.32 Å². The molecule has 0 atom stereocenters. The largest absolute Gasteiger partial charge is 0.316 e. The van der Waals surface area contributed by atoms with Gasteiger partial charge in [0.25, 0.3) is 0 Å². The van der Waals surface area contributed by atoms with Crippen LogP contribution >= 0.6 is 11.6 Å². The standard InChI is InChI=1S/C14H15ClFN3/c1-8-12(7-17-3)9(2)19-14(18-8)11-5-4-10(16)6-13(11)15/h4-6,17H,7H2,1-3H3. The Kier molecular flexibility index (Phi) is 4.12. The molecule has 0 radical (unpaired) electrons. The Bertz CT molecular complexity index is 591. The maximum atomic E-state index is 13.1. The number of aromatic nitrogens is 2. The van der Waals surface area contributed by atoms with Crippen molar-refractivity contribution in [1.82, 2.24) is 15.3 Å². The minimum absolute atomic E-state index is 0.320. The van der Waals surface area contributed by atoms with E-state index in [0.717, 1.165) is 23.5 Å². The summed E-state index contributed by atoms with van der Waals surface area (Å²) in [4.78, 5) is 8.91. The first kappa shape index (κ1) is 13.9. The van der Waals surface area contributed by atoms with E-state index in [0.29, 0.717) is 16.4 Å². The van der Waals surface area contributed by atoms with E-state index in [1.807, 2.05) is 20.9 Å². The maximum absolute atomic E-state index is 13.1. The van der Waals surface area contributed by atoms with E-state index in [1.54, 1.807) is 6.07 Å². The minimum Gasteiger partial charge on any atom is -0.316 e. The molecule has 5 heteroatoms. The van der Waals surface area contributed by atoms with Crippen molar-refractivity contribution in [3.8, 4) is 11.4 Å². The Hall–Kier alpha value is -1.52. The van der Waals surface area contributed by atoms with Crippen molar-refractivity contribution in [3.63, 3.8) is 0 Å². The highest BCUT2D eigenvalue weighted by Gasteiger charge is 2.12. The van der Waals surface area contributed by atoms with Crippen LogP contribution in [0.1, 0.15) is 17.0 Å². The number of hydrogen-bond donors (Lipinski definition) is 1. The molecule has 0 saturated carbocycles. The summed E-state index contributed by atoms with van der Waals surface area (Å²) in [7, 11) is 1.88. The van der Waals surface area contributed by atoms with Crippen molar-refractivity contribution in [2.45, 2.75) is 20.4 Å². The molecule has 19 heavy (non-hydrogen) atoms. The molecule has 1 heterocycles. The second kappa shape index (κ2) is 5.63. The van der Waals surface area contributed by atoms with Gasteiger partial charge in [-0.25, -0.2) is 14.4 Å². The fourth-order valence-corrected chi connectivity index (χ4v) is 2.22. The first-order chi connectivity index (χ1) is 9.02. The molecule has 0 aliphatic heterocycles. The van der Waals surface area contributed by atoms with Gasteiger partial charge in [-0.3, -0.25) is 0 Å². The SMILES string of the molecule is CNCc1c(C)nc(-c2ccc(F)cc2Cl)nc1C. The van der Waals surface area contributed by atoms with Crippen LogP contribution in [0.5, 0.6) is 0 Å². The van der Waals surface area contributed by atoms with Crippen LogP contribution in [0.2, 0.25) is 5.02 Å². The van der Waals surface area contributed by atoms with Crippen molar-refractivity contribution >= 4 is 11.6 Å². The lowest BCUT2D eigenvalue weighted by Crippen LogP contribution is -2.11. The molecular weight excluding hydrogens is 265 g/mol. The van der Waals surface area contributed by atoms with Crippen LogP contribution in [0.15, 0.2) is 18.2 Å². The predicted molar refractivity (Wildman–Crippen MR) is 74.7 cm³/mol. The number of hydrogen-bond acceptors (Lipinski definition) is 3. The topological polar surface area (TPSA) is 37.8 Å². The van der Waals surface area contributed by atoms with Gasteiger partial charge in [-0.15, -0.1) is 0 Å². The minimum atomic E-state index is -0.367. The lowest BCUT2D eigenvalue weighted by Gasteiger charge is -2.11. The van der Waals surface area contributed by atoms with Gasteiger partial charge in [-0.1, -0.05) is 11.6 Å². The summed E-state index contributed by atoms with van der Waals surface area (Å²) in [6.45, 7) is 4.58. The zero-order valence-electron chi connectivity index (χ0n) is 11.1. The molecule has 0 spiro atoms. The van der Waals surface area contributed by atoms with Gasteiger partial charge in [0.2, 0.25) is 0 Å². The molecule has 0 bridgehead atoms. The van der Waals surface area contributed by atoms with E-state index in [9.17, 15) is 4.39 Å². The highest BCUT2D eigenvalue weighted by Crippen LogP contribution is 2.27. The fraction of sp³-hybridized carbons (Fsp3) is 0.286. The van der Waals surface area contributed by atoms with Gasteiger partial charge in [0, 0.05) is 29.1 Å². The second-order valence-electron chi connectivity index (χ2n) is 4.35. The molecule has 0 unspecified atom stereocenters. The van der Waals surface area contributed by atoms with Gasteiger partial charge in [0.05, 0.1) is 5.02 Å². The summed E-state index contributed by atoms with van der Waals surface area (Å²) in [6, 6.07) is 4.23. The molecule has 3 nitrogen and oxygen atoms in total. The van der Waals surface area contributed by atoms with Gasteiger partial charge >= 0.3 is 0 Å². The van der Waals surface area contributed by atoms with Gasteiger partial charge in [0.1, 0.15) is 5.82 Å². The fourth-order valence-electron chi connectivity index (χ4n) is 1.96. The Morgan fingerprint density at radius 3 is 2.37 bits per heavy atom. The lowest BCUT2D eigenvalue weighted by atomic mass is 10.1. The van der Waals surface area contributed by atoms with Gasteiger partial charge in [-0.2, -0.15) is 0 Å². The number of rotatable bonds is 3. The number of nitrogens with one attached hydrogen (secondary N) is 1. The summed E-state index contributed by atoms with van der Waals surface area (Å²) >= 11 is 6.04. The summed E-state index contributed by atoms with van der Waals surface area (Å²) < 4.78 is 13.1. The molecule has 1 aromatic heterocycles. The lowest BCUT2D eigenvalue weighted by molar-refractivity contribution is 0.628. The van der Waals surface area contributed by atoms with Gasteiger partial charge in [0.15, 0.2) is 5.82 Å². The molecule has 0 aliphatic rings. The normalized spacial score (nSPS) is 10.8. The molecule has 100 valence electrons. The van der Waals surface area contributed by atoms with E-state index < -0.39 is 0 Å². The molecule has 2 rings (SSSR count). The first-order valence-corrected chi connectivity index (χ1v) is 6.35. The van der Waals surface area contributed by atoms with E-state index in [1.165, 1.54) is 12.1 Å². The summed E-state index contributed by atoms with van der Waals surface area (Å²) in [5, 5.41) is 3.41. The van der Waals surface area contributed by atoms with Crippen molar-refractivity contribution in [2.75, 3.05) is 7.05 Å². The molecule has 1 N–H and O–H groups in total. The average Bonchev–Trinajstić information content (AvgIpc) is 2.33. The van der Waals surface area contributed by atoms with E-state index in [4.69, 9.17) is 11.6 Å². The van der Waals surface area contributed by atoms with E-state index in [-0.39, 0.29) is 5.82 Å². The third kappa shape index (κ3) is 2.91. The van der Waals surface area contributed by atoms with Crippen molar-refractivity contribution in [2.24, 2.45) is 0 Å². The van der Waals surface area contributed by atoms with Crippen LogP contribution < -0.4 is 5.32 Å². The molecule has 1 aromatic carbocycles. The maximum Gasteiger partial charge on any atom is 0.161 e. The number of benzene rings is 1. The van der Waals surface area contributed by atoms with Crippen LogP contribution in [-0.2, 0) is 6.54 Å². The molecule has 0 fully saturated rings. The third-order valence-electron chi connectivity index (χ3n) is 2.95. The Balaban J connectivity index is 2.52. The molecule has 0 amide bonds. The number of aryl methyl sites for hydroxylation is 2. The van der Waals surface area contributed by atoms with Crippen LogP contribution in [0.25, 0.3) is 11.4 Å². The van der Waals surface area contributed by atoms with Crippen LogP contribution in [0.4, 0.5) is 4.39 Å². The zero-order valence-corrected chi connectivity index (χ0v) is 11.8. The quantitative estimate of drug-likeness (QED) is 0.937. The first-order valence-electron chi connectivity index (χ1n) is 5.97. The van der Waals surface area contributed by atoms with Crippen LogP contribution in [-0.4, -0.2) is 17.0 Å². The molecule has 0 aliphatic carbocycles. The van der Waals surface area contributed by atoms with Crippen molar-refractivity contribution in [3.05, 3.63) is 46.0 Å².